The van der Waals surface area contributed by atoms with E-state index in [1.807, 2.05) is 19.9 Å². The van der Waals surface area contributed by atoms with E-state index in [2.05, 4.69) is 20.2 Å². The van der Waals surface area contributed by atoms with Crippen molar-refractivity contribution in [3.05, 3.63) is 41.7 Å². The van der Waals surface area contributed by atoms with Crippen LogP contribution in [0.5, 0.6) is 0 Å². The van der Waals surface area contributed by atoms with Crippen molar-refractivity contribution < 1.29 is 13.2 Å². The minimum absolute atomic E-state index is 0.0314. The maximum atomic E-state index is 12.7. The number of anilines is 2. The van der Waals surface area contributed by atoms with Crippen LogP contribution in [0.4, 0.5) is 11.6 Å². The summed E-state index contributed by atoms with van der Waals surface area (Å²) in [5.74, 6) is 0.609. The number of benzene rings is 1. The molecule has 1 N–H and O–H groups in total. The van der Waals surface area contributed by atoms with Gasteiger partial charge in [0.15, 0.2) is 0 Å². The van der Waals surface area contributed by atoms with E-state index in [1.54, 1.807) is 24.3 Å². The Morgan fingerprint density at radius 1 is 0.968 bits per heavy atom. The van der Waals surface area contributed by atoms with Gasteiger partial charge in [0.2, 0.25) is 21.9 Å². The maximum Gasteiger partial charge on any atom is 0.243 e. The van der Waals surface area contributed by atoms with E-state index in [4.69, 9.17) is 0 Å². The molecule has 1 amide bonds. The topological polar surface area (TPSA) is 95.5 Å². The SMILES string of the molecule is Cc1cc(C)nc(N2CCC(C(=O)Nc3ccc(S(=O)(=O)N4CCCC4)cc3)CC2)n1. The molecule has 1 aromatic heterocycles. The van der Waals surface area contributed by atoms with E-state index >= 15 is 0 Å². The molecule has 4 rings (SSSR count). The number of carbonyl (C=O) groups excluding carboxylic acids is 1. The van der Waals surface area contributed by atoms with E-state index in [1.165, 1.54) is 4.31 Å². The number of sulfonamides is 1. The van der Waals surface area contributed by atoms with Crippen molar-refractivity contribution >= 4 is 27.6 Å². The van der Waals surface area contributed by atoms with Crippen LogP contribution in [0.25, 0.3) is 0 Å². The van der Waals surface area contributed by atoms with E-state index < -0.39 is 10.0 Å². The van der Waals surface area contributed by atoms with E-state index in [0.29, 0.717) is 18.8 Å². The number of carbonyl (C=O) groups is 1. The third-order valence-corrected chi connectivity index (χ3v) is 7.86. The molecule has 31 heavy (non-hydrogen) atoms. The third-order valence-electron chi connectivity index (χ3n) is 5.94. The summed E-state index contributed by atoms with van der Waals surface area (Å²) in [7, 11) is -3.44. The number of hydrogen-bond donors (Lipinski definition) is 1. The summed E-state index contributed by atoms with van der Waals surface area (Å²) in [5.41, 5.74) is 2.50. The van der Waals surface area contributed by atoms with Gasteiger partial charge in [0.25, 0.3) is 0 Å². The van der Waals surface area contributed by atoms with Crippen LogP contribution in [-0.2, 0) is 14.8 Å². The molecule has 3 heterocycles. The Morgan fingerprint density at radius 3 is 2.13 bits per heavy atom. The summed E-state index contributed by atoms with van der Waals surface area (Å²) in [4.78, 5) is 24.1. The highest BCUT2D eigenvalue weighted by molar-refractivity contribution is 7.89. The summed E-state index contributed by atoms with van der Waals surface area (Å²) in [6.45, 7) is 6.53. The summed E-state index contributed by atoms with van der Waals surface area (Å²) < 4.78 is 26.8. The fraction of sp³-hybridized carbons (Fsp3) is 0.500. The molecule has 0 atom stereocenters. The van der Waals surface area contributed by atoms with Crippen LogP contribution in [0.3, 0.4) is 0 Å². The normalized spacial score (nSPS) is 18.3. The van der Waals surface area contributed by atoms with Crippen molar-refractivity contribution in [1.29, 1.82) is 0 Å². The smallest absolute Gasteiger partial charge is 0.243 e. The average molecular weight is 444 g/mol. The molecule has 2 aliphatic rings. The highest BCUT2D eigenvalue weighted by Gasteiger charge is 2.28. The number of aromatic nitrogens is 2. The lowest BCUT2D eigenvalue weighted by atomic mass is 9.96. The zero-order valence-corrected chi connectivity index (χ0v) is 18.9. The quantitative estimate of drug-likeness (QED) is 0.763. The van der Waals surface area contributed by atoms with Gasteiger partial charge in [-0.1, -0.05) is 0 Å². The molecule has 2 saturated heterocycles. The van der Waals surface area contributed by atoms with Crippen molar-refractivity contribution in [2.24, 2.45) is 5.92 Å². The van der Waals surface area contributed by atoms with Gasteiger partial charge in [-0.25, -0.2) is 18.4 Å². The molecule has 2 aliphatic heterocycles. The van der Waals surface area contributed by atoms with Crippen molar-refractivity contribution in [1.82, 2.24) is 14.3 Å². The van der Waals surface area contributed by atoms with Crippen LogP contribution in [0.15, 0.2) is 35.2 Å². The van der Waals surface area contributed by atoms with Gasteiger partial charge < -0.3 is 10.2 Å². The van der Waals surface area contributed by atoms with Gasteiger partial charge in [-0.15, -0.1) is 0 Å². The lowest BCUT2D eigenvalue weighted by Crippen LogP contribution is -2.39. The van der Waals surface area contributed by atoms with E-state index in [9.17, 15) is 13.2 Å². The Balaban J connectivity index is 1.34. The summed E-state index contributed by atoms with van der Waals surface area (Å²) in [5, 5.41) is 2.94. The predicted molar refractivity (Wildman–Crippen MR) is 120 cm³/mol. The van der Waals surface area contributed by atoms with Crippen LogP contribution in [0.1, 0.15) is 37.1 Å². The lowest BCUT2D eigenvalue weighted by molar-refractivity contribution is -0.120. The van der Waals surface area contributed by atoms with Crippen molar-refractivity contribution in [3.8, 4) is 0 Å². The maximum absolute atomic E-state index is 12.7. The molecule has 0 spiro atoms. The number of nitrogens with one attached hydrogen (secondary N) is 1. The first-order valence-corrected chi connectivity index (χ1v) is 12.3. The first kappa shape index (κ1) is 21.7. The fourth-order valence-corrected chi connectivity index (χ4v) is 5.74. The zero-order chi connectivity index (χ0) is 22.0. The van der Waals surface area contributed by atoms with Crippen molar-refractivity contribution in [2.45, 2.75) is 44.4 Å². The number of rotatable bonds is 5. The van der Waals surface area contributed by atoms with E-state index in [0.717, 1.165) is 56.1 Å². The van der Waals surface area contributed by atoms with Crippen LogP contribution in [0, 0.1) is 19.8 Å². The molecule has 0 unspecified atom stereocenters. The summed E-state index contributed by atoms with van der Waals surface area (Å²) in [6, 6.07) is 8.43. The molecule has 0 saturated carbocycles. The second kappa shape index (κ2) is 8.92. The Labute approximate surface area is 183 Å². The van der Waals surface area contributed by atoms with Gasteiger partial charge in [-0.3, -0.25) is 4.79 Å². The molecule has 0 bridgehead atoms. The van der Waals surface area contributed by atoms with Crippen molar-refractivity contribution in [2.75, 3.05) is 36.4 Å². The van der Waals surface area contributed by atoms with Gasteiger partial charge in [0.05, 0.1) is 4.90 Å². The molecular formula is C22H29N5O3S. The molecule has 0 radical (unpaired) electrons. The van der Waals surface area contributed by atoms with E-state index in [-0.39, 0.29) is 16.7 Å². The number of aryl methyl sites for hydroxylation is 2. The molecule has 8 nitrogen and oxygen atoms in total. The molecule has 0 aliphatic carbocycles. The number of hydrogen-bond acceptors (Lipinski definition) is 6. The largest absolute Gasteiger partial charge is 0.341 e. The second-order valence-corrected chi connectivity index (χ2v) is 10.3. The predicted octanol–water partition coefficient (Wildman–Crippen LogP) is 2.73. The standard InChI is InChI=1S/C22H29N5O3S/c1-16-15-17(2)24-22(23-16)26-13-9-18(10-14-26)21(28)25-19-5-7-20(8-6-19)31(29,30)27-11-3-4-12-27/h5-8,15,18H,3-4,9-14H2,1-2H3,(H,25,28). The van der Waals surface area contributed by atoms with Crippen LogP contribution in [0.2, 0.25) is 0 Å². The highest BCUT2D eigenvalue weighted by Crippen LogP contribution is 2.25. The fourth-order valence-electron chi connectivity index (χ4n) is 4.22. The zero-order valence-electron chi connectivity index (χ0n) is 18.0. The average Bonchev–Trinajstić information content (AvgIpc) is 3.29. The summed E-state index contributed by atoms with van der Waals surface area (Å²) >= 11 is 0. The number of piperidine rings is 1. The number of nitrogens with zero attached hydrogens (tertiary/aromatic N) is 4. The van der Waals surface area contributed by atoms with Crippen LogP contribution in [-0.4, -0.2) is 54.8 Å². The molecule has 9 heteroatoms. The Kier molecular flexibility index (Phi) is 6.24. The Hall–Kier alpha value is -2.52. The molecular weight excluding hydrogens is 414 g/mol. The minimum atomic E-state index is -3.44. The van der Waals surface area contributed by atoms with Gasteiger partial charge in [0.1, 0.15) is 0 Å². The van der Waals surface area contributed by atoms with Crippen LogP contribution < -0.4 is 10.2 Å². The Bertz CT molecular complexity index is 1020. The highest BCUT2D eigenvalue weighted by atomic mass is 32.2. The van der Waals surface area contributed by atoms with Crippen molar-refractivity contribution in [3.63, 3.8) is 0 Å². The van der Waals surface area contributed by atoms with Gasteiger partial charge in [-0.05, 0) is 69.9 Å². The third kappa shape index (κ3) is 4.88. The van der Waals surface area contributed by atoms with Gasteiger partial charge in [0, 0.05) is 49.2 Å². The molecule has 2 aromatic rings. The second-order valence-electron chi connectivity index (χ2n) is 8.34. The van der Waals surface area contributed by atoms with Crippen LogP contribution >= 0.6 is 0 Å². The summed E-state index contributed by atoms with van der Waals surface area (Å²) in [6.07, 6.45) is 3.26. The first-order chi connectivity index (χ1) is 14.8. The Morgan fingerprint density at radius 2 is 1.55 bits per heavy atom. The minimum Gasteiger partial charge on any atom is -0.341 e. The number of amides is 1. The monoisotopic (exact) mass is 443 g/mol. The molecule has 2 fully saturated rings. The first-order valence-electron chi connectivity index (χ1n) is 10.8. The molecule has 1 aromatic carbocycles. The van der Waals surface area contributed by atoms with Gasteiger partial charge >= 0.3 is 0 Å². The molecule has 166 valence electrons. The van der Waals surface area contributed by atoms with Gasteiger partial charge in [-0.2, -0.15) is 4.31 Å². The lowest BCUT2D eigenvalue weighted by Gasteiger charge is -2.31.